The van der Waals surface area contributed by atoms with E-state index < -0.39 is 18.2 Å². The van der Waals surface area contributed by atoms with Crippen LogP contribution in [0.25, 0.3) is 0 Å². The molecule has 6 heteroatoms. The van der Waals surface area contributed by atoms with Crippen LogP contribution >= 0.6 is 11.6 Å². The molecule has 0 fully saturated rings. The molecule has 1 rings (SSSR count). The number of hydrogen-bond donors (Lipinski definition) is 2. The first-order chi connectivity index (χ1) is 9.01. The molecule has 5 nitrogen and oxygen atoms in total. The summed E-state index contributed by atoms with van der Waals surface area (Å²) >= 11 is 5.42. The standard InChI is InChI=1S/C13H15ClO5/c1-2-19-13(18)12(17)11(16)9-5-3-8(4-6-9)10(15)7-14/h3-6,11-12,16-17H,2,7H2,1H3. The lowest BCUT2D eigenvalue weighted by atomic mass is 10.0. The van der Waals surface area contributed by atoms with Gasteiger partial charge >= 0.3 is 5.97 Å². The van der Waals surface area contributed by atoms with E-state index in [1.54, 1.807) is 6.92 Å². The number of halogens is 1. The average Bonchev–Trinajstić information content (AvgIpc) is 2.45. The van der Waals surface area contributed by atoms with Crippen LogP contribution < -0.4 is 0 Å². The van der Waals surface area contributed by atoms with Crippen molar-refractivity contribution in [2.45, 2.75) is 19.1 Å². The molecule has 2 unspecified atom stereocenters. The Morgan fingerprint density at radius 1 is 1.26 bits per heavy atom. The van der Waals surface area contributed by atoms with Gasteiger partial charge in [0.2, 0.25) is 0 Å². The van der Waals surface area contributed by atoms with Gasteiger partial charge in [-0.1, -0.05) is 24.3 Å². The van der Waals surface area contributed by atoms with E-state index in [2.05, 4.69) is 4.74 Å². The van der Waals surface area contributed by atoms with Crippen molar-refractivity contribution >= 4 is 23.4 Å². The molecule has 19 heavy (non-hydrogen) atoms. The Morgan fingerprint density at radius 2 is 1.84 bits per heavy atom. The fourth-order valence-corrected chi connectivity index (χ4v) is 1.64. The van der Waals surface area contributed by atoms with Crippen LogP contribution in [0, 0.1) is 0 Å². The van der Waals surface area contributed by atoms with Crippen LogP contribution in [0.5, 0.6) is 0 Å². The molecule has 0 heterocycles. The van der Waals surface area contributed by atoms with E-state index in [4.69, 9.17) is 11.6 Å². The third-order valence-electron chi connectivity index (χ3n) is 2.52. The van der Waals surface area contributed by atoms with Crippen molar-refractivity contribution < 1.29 is 24.5 Å². The van der Waals surface area contributed by atoms with E-state index in [0.29, 0.717) is 11.1 Å². The lowest BCUT2D eigenvalue weighted by molar-refractivity contribution is -0.159. The monoisotopic (exact) mass is 286 g/mol. The number of carbonyl (C=O) groups is 2. The summed E-state index contributed by atoms with van der Waals surface area (Å²) in [6, 6.07) is 5.85. The Labute approximate surface area is 115 Å². The van der Waals surface area contributed by atoms with Crippen molar-refractivity contribution in [3.8, 4) is 0 Å². The molecular formula is C13H15ClO5. The largest absolute Gasteiger partial charge is 0.464 e. The summed E-state index contributed by atoms with van der Waals surface area (Å²) in [4.78, 5) is 22.6. The molecule has 2 N–H and O–H groups in total. The van der Waals surface area contributed by atoms with Gasteiger partial charge in [0.25, 0.3) is 0 Å². The van der Waals surface area contributed by atoms with Gasteiger partial charge in [-0.15, -0.1) is 11.6 Å². The highest BCUT2D eigenvalue weighted by molar-refractivity contribution is 6.30. The molecule has 0 aromatic heterocycles. The first kappa shape index (κ1) is 15.6. The summed E-state index contributed by atoms with van der Waals surface area (Å²) in [5, 5.41) is 19.4. The van der Waals surface area contributed by atoms with Crippen molar-refractivity contribution in [2.24, 2.45) is 0 Å². The van der Waals surface area contributed by atoms with Crippen LogP contribution in [0.15, 0.2) is 24.3 Å². The lowest BCUT2D eigenvalue weighted by Gasteiger charge is -2.16. The molecule has 0 amide bonds. The zero-order valence-electron chi connectivity index (χ0n) is 10.4. The van der Waals surface area contributed by atoms with E-state index >= 15 is 0 Å². The van der Waals surface area contributed by atoms with Gasteiger partial charge in [0, 0.05) is 5.56 Å². The second-order valence-electron chi connectivity index (χ2n) is 3.82. The number of aliphatic hydroxyl groups excluding tert-OH is 2. The normalized spacial score (nSPS) is 13.7. The van der Waals surface area contributed by atoms with Gasteiger partial charge in [-0.25, -0.2) is 4.79 Å². The number of aliphatic hydroxyl groups is 2. The SMILES string of the molecule is CCOC(=O)C(O)C(O)c1ccc(C(=O)CCl)cc1. The van der Waals surface area contributed by atoms with E-state index in [9.17, 15) is 19.8 Å². The molecule has 0 aliphatic rings. The molecule has 0 spiro atoms. The van der Waals surface area contributed by atoms with Crippen molar-refractivity contribution in [1.29, 1.82) is 0 Å². The Balaban J connectivity index is 2.80. The minimum absolute atomic E-state index is 0.117. The van der Waals surface area contributed by atoms with Crippen LogP contribution in [-0.2, 0) is 9.53 Å². The third-order valence-corrected chi connectivity index (χ3v) is 2.77. The molecule has 0 aliphatic heterocycles. The fraction of sp³-hybridized carbons (Fsp3) is 0.385. The number of carbonyl (C=O) groups excluding carboxylic acids is 2. The maximum Gasteiger partial charge on any atom is 0.338 e. The van der Waals surface area contributed by atoms with Gasteiger partial charge < -0.3 is 14.9 Å². The predicted octanol–water partition coefficient (Wildman–Crippen LogP) is 1.07. The highest BCUT2D eigenvalue weighted by atomic mass is 35.5. The van der Waals surface area contributed by atoms with Crippen LogP contribution in [0.3, 0.4) is 0 Å². The maximum atomic E-state index is 11.3. The van der Waals surface area contributed by atoms with Crippen LogP contribution in [0.2, 0.25) is 0 Å². The van der Waals surface area contributed by atoms with Gasteiger partial charge in [0.15, 0.2) is 11.9 Å². The second-order valence-corrected chi connectivity index (χ2v) is 4.09. The lowest BCUT2D eigenvalue weighted by Crippen LogP contribution is -2.29. The van der Waals surface area contributed by atoms with Crippen molar-refractivity contribution in [2.75, 3.05) is 12.5 Å². The highest BCUT2D eigenvalue weighted by Gasteiger charge is 2.26. The van der Waals surface area contributed by atoms with Crippen molar-refractivity contribution in [3.05, 3.63) is 35.4 Å². The second kappa shape index (κ2) is 7.23. The Bertz CT molecular complexity index is 443. The predicted molar refractivity (Wildman–Crippen MR) is 69.1 cm³/mol. The van der Waals surface area contributed by atoms with Crippen molar-refractivity contribution in [3.63, 3.8) is 0 Å². The van der Waals surface area contributed by atoms with E-state index in [1.165, 1.54) is 24.3 Å². The number of ketones is 1. The molecule has 2 atom stereocenters. The number of benzene rings is 1. The van der Waals surface area contributed by atoms with Gasteiger partial charge in [-0.3, -0.25) is 4.79 Å². The summed E-state index contributed by atoms with van der Waals surface area (Å²) in [7, 11) is 0. The molecular weight excluding hydrogens is 272 g/mol. The molecule has 1 aromatic carbocycles. The first-order valence-electron chi connectivity index (χ1n) is 5.73. The highest BCUT2D eigenvalue weighted by Crippen LogP contribution is 2.19. The molecule has 0 saturated carbocycles. The number of alkyl halides is 1. The van der Waals surface area contributed by atoms with Gasteiger partial charge in [-0.2, -0.15) is 0 Å². The molecule has 1 aromatic rings. The number of esters is 1. The molecule has 0 bridgehead atoms. The van der Waals surface area contributed by atoms with Crippen molar-refractivity contribution in [1.82, 2.24) is 0 Å². The number of Topliss-reactive ketones (excluding diaryl/α,β-unsaturated/α-hetero) is 1. The van der Waals surface area contributed by atoms with E-state index in [1.807, 2.05) is 0 Å². The summed E-state index contributed by atoms with van der Waals surface area (Å²) in [5.41, 5.74) is 0.711. The van der Waals surface area contributed by atoms with Gasteiger partial charge in [-0.05, 0) is 12.5 Å². The Hall–Kier alpha value is -1.43. The number of rotatable bonds is 6. The Morgan fingerprint density at radius 3 is 2.32 bits per heavy atom. The summed E-state index contributed by atoms with van der Waals surface area (Å²) in [5.74, 6) is -1.27. The molecule has 104 valence electrons. The van der Waals surface area contributed by atoms with Crippen LogP contribution in [0.4, 0.5) is 0 Å². The summed E-state index contributed by atoms with van der Waals surface area (Å²) < 4.78 is 4.61. The minimum Gasteiger partial charge on any atom is -0.464 e. The van der Waals surface area contributed by atoms with E-state index in [0.717, 1.165) is 0 Å². The first-order valence-corrected chi connectivity index (χ1v) is 6.26. The Kier molecular flexibility index (Phi) is 5.95. The van der Waals surface area contributed by atoms with Crippen LogP contribution in [-0.4, -0.2) is 40.6 Å². The van der Waals surface area contributed by atoms with Gasteiger partial charge in [0.05, 0.1) is 12.5 Å². The van der Waals surface area contributed by atoms with Crippen LogP contribution in [0.1, 0.15) is 28.9 Å². The van der Waals surface area contributed by atoms with E-state index in [-0.39, 0.29) is 18.3 Å². The third kappa shape index (κ3) is 4.02. The topological polar surface area (TPSA) is 83.8 Å². The average molecular weight is 287 g/mol. The zero-order valence-corrected chi connectivity index (χ0v) is 11.1. The fourth-order valence-electron chi connectivity index (χ4n) is 1.48. The summed E-state index contributed by atoms with van der Waals surface area (Å²) in [6.07, 6.45) is -3.06. The maximum absolute atomic E-state index is 11.3. The number of hydrogen-bond acceptors (Lipinski definition) is 5. The molecule has 0 aliphatic carbocycles. The zero-order chi connectivity index (χ0) is 14.4. The smallest absolute Gasteiger partial charge is 0.338 e. The minimum atomic E-state index is -1.66. The number of ether oxygens (including phenoxy) is 1. The summed E-state index contributed by atoms with van der Waals surface area (Å²) in [6.45, 7) is 1.72. The molecule has 0 saturated heterocycles. The quantitative estimate of drug-likeness (QED) is 0.464. The molecule has 0 radical (unpaired) electrons. The van der Waals surface area contributed by atoms with Gasteiger partial charge in [0.1, 0.15) is 6.10 Å².